The van der Waals surface area contributed by atoms with E-state index < -0.39 is 15.9 Å². The van der Waals surface area contributed by atoms with Crippen molar-refractivity contribution >= 4 is 43.2 Å². The molecule has 158 valence electrons. The van der Waals surface area contributed by atoms with Crippen LogP contribution in [-0.2, 0) is 17.1 Å². The highest BCUT2D eigenvalue weighted by Crippen LogP contribution is 2.24. The molecule has 1 N–H and O–H groups in total. The first-order valence-corrected chi connectivity index (χ1v) is 11.9. The number of amides is 1. The highest BCUT2D eigenvalue weighted by molar-refractivity contribution is 7.92. The number of nitrogens with one attached hydrogen (secondary N) is 1. The second kappa shape index (κ2) is 8.13. The maximum Gasteiger partial charge on any atom is 0.279 e. The van der Waals surface area contributed by atoms with Crippen LogP contribution in [0.25, 0.3) is 10.2 Å². The largest absolute Gasteiger partial charge is 0.319 e. The molecule has 1 amide bonds. The maximum atomic E-state index is 12.9. The number of rotatable bonds is 4. The molecule has 0 saturated carbocycles. The third-order valence-corrected chi connectivity index (χ3v) is 7.62. The lowest BCUT2D eigenvalue weighted by Crippen LogP contribution is -2.15. The van der Waals surface area contributed by atoms with E-state index in [2.05, 4.69) is 21.8 Å². The van der Waals surface area contributed by atoms with Crippen molar-refractivity contribution in [2.75, 3.05) is 4.72 Å². The Labute approximate surface area is 184 Å². The minimum Gasteiger partial charge on any atom is -0.319 e. The Morgan fingerprint density at radius 3 is 2.39 bits per heavy atom. The molecule has 1 aromatic heterocycles. The highest BCUT2D eigenvalue weighted by atomic mass is 32.2. The number of nitrogens with zero attached hydrogens (tertiary/aromatic N) is 2. The van der Waals surface area contributed by atoms with Crippen LogP contribution < -0.4 is 9.52 Å². The van der Waals surface area contributed by atoms with Crippen LogP contribution in [0.2, 0.25) is 0 Å². The summed E-state index contributed by atoms with van der Waals surface area (Å²) in [5.41, 5.74) is 3.91. The van der Waals surface area contributed by atoms with Crippen molar-refractivity contribution in [2.24, 2.45) is 12.0 Å². The number of aromatic nitrogens is 1. The van der Waals surface area contributed by atoms with Crippen LogP contribution in [-0.4, -0.2) is 18.9 Å². The van der Waals surface area contributed by atoms with Gasteiger partial charge in [0, 0.05) is 18.3 Å². The number of fused-ring (bicyclic) bond motifs is 1. The molecule has 4 aromatic rings. The Bertz CT molecular complexity index is 1470. The van der Waals surface area contributed by atoms with Crippen LogP contribution in [0.1, 0.15) is 21.5 Å². The molecule has 3 aromatic carbocycles. The number of carbonyl (C=O) groups is 1. The van der Waals surface area contributed by atoms with Crippen molar-refractivity contribution in [3.05, 3.63) is 88.2 Å². The van der Waals surface area contributed by atoms with Crippen LogP contribution >= 0.6 is 11.3 Å². The van der Waals surface area contributed by atoms with Crippen LogP contribution in [0.5, 0.6) is 0 Å². The first-order chi connectivity index (χ1) is 14.8. The molecule has 0 saturated heterocycles. The van der Waals surface area contributed by atoms with E-state index in [-0.39, 0.29) is 4.90 Å². The molecule has 6 nitrogen and oxygen atoms in total. The summed E-state index contributed by atoms with van der Waals surface area (Å²) in [6.45, 7) is 4.06. The predicted molar refractivity (Wildman–Crippen MR) is 124 cm³/mol. The van der Waals surface area contributed by atoms with E-state index in [0.717, 1.165) is 21.3 Å². The van der Waals surface area contributed by atoms with Gasteiger partial charge in [0.1, 0.15) is 0 Å². The smallest absolute Gasteiger partial charge is 0.279 e. The Morgan fingerprint density at radius 2 is 1.68 bits per heavy atom. The minimum atomic E-state index is -3.74. The summed E-state index contributed by atoms with van der Waals surface area (Å²) in [4.78, 5) is 17.9. The first kappa shape index (κ1) is 21.0. The summed E-state index contributed by atoms with van der Waals surface area (Å²) in [6, 6.07) is 18.5. The molecular formula is C23H21N3O3S2. The Morgan fingerprint density at radius 1 is 0.968 bits per heavy atom. The fourth-order valence-corrected chi connectivity index (χ4v) is 5.58. The van der Waals surface area contributed by atoms with Crippen LogP contribution in [0.3, 0.4) is 0 Å². The number of carbonyl (C=O) groups excluding carboxylic acids is 1. The zero-order valence-electron chi connectivity index (χ0n) is 17.3. The highest BCUT2D eigenvalue weighted by Gasteiger charge is 2.15. The van der Waals surface area contributed by atoms with E-state index in [1.807, 2.05) is 25.5 Å². The van der Waals surface area contributed by atoms with Crippen molar-refractivity contribution in [3.8, 4) is 0 Å². The summed E-state index contributed by atoms with van der Waals surface area (Å²) in [5, 5.41) is 0. The quantitative estimate of drug-likeness (QED) is 0.499. The second-order valence-electron chi connectivity index (χ2n) is 7.24. The Kier molecular flexibility index (Phi) is 5.51. The van der Waals surface area contributed by atoms with Crippen molar-refractivity contribution < 1.29 is 13.2 Å². The lowest BCUT2D eigenvalue weighted by atomic mass is 10.1. The zero-order chi connectivity index (χ0) is 22.2. The number of anilines is 1. The summed E-state index contributed by atoms with van der Waals surface area (Å²) in [5.74, 6) is -0.432. The molecule has 0 bridgehead atoms. The summed E-state index contributed by atoms with van der Waals surface area (Å²) < 4.78 is 30.7. The van der Waals surface area contributed by atoms with Crippen molar-refractivity contribution in [3.63, 3.8) is 0 Å². The fraction of sp³-hybridized carbons (Fsp3) is 0.130. The lowest BCUT2D eigenvalue weighted by Gasteiger charge is -2.08. The van der Waals surface area contributed by atoms with Gasteiger partial charge in [-0.2, -0.15) is 4.99 Å². The van der Waals surface area contributed by atoms with Gasteiger partial charge in [0.25, 0.3) is 15.9 Å². The second-order valence-corrected chi connectivity index (χ2v) is 9.90. The molecule has 31 heavy (non-hydrogen) atoms. The molecule has 0 atom stereocenters. The van der Waals surface area contributed by atoms with E-state index >= 15 is 0 Å². The van der Waals surface area contributed by atoms with E-state index in [9.17, 15) is 13.2 Å². The zero-order valence-corrected chi connectivity index (χ0v) is 18.9. The van der Waals surface area contributed by atoms with Crippen LogP contribution in [0, 0.1) is 13.8 Å². The molecule has 0 aliphatic carbocycles. The van der Waals surface area contributed by atoms with Gasteiger partial charge in [0.05, 0.1) is 15.1 Å². The first-order valence-electron chi connectivity index (χ1n) is 9.59. The van der Waals surface area contributed by atoms with Crippen molar-refractivity contribution in [1.82, 2.24) is 4.57 Å². The number of benzene rings is 3. The molecule has 0 aliphatic heterocycles. The van der Waals surface area contributed by atoms with E-state index in [1.165, 1.54) is 29.5 Å². The number of thiazole rings is 1. The molecule has 0 aliphatic rings. The minimum absolute atomic E-state index is 0.152. The Balaban J connectivity index is 1.68. The molecule has 0 unspecified atom stereocenters. The monoisotopic (exact) mass is 451 g/mol. The molecule has 4 rings (SSSR count). The van der Waals surface area contributed by atoms with Gasteiger partial charge in [-0.05, 0) is 55.3 Å². The van der Waals surface area contributed by atoms with Gasteiger partial charge >= 0.3 is 0 Å². The van der Waals surface area contributed by atoms with Crippen LogP contribution in [0.4, 0.5) is 5.69 Å². The fourth-order valence-electron chi connectivity index (χ4n) is 3.35. The van der Waals surface area contributed by atoms with Gasteiger partial charge in [0.2, 0.25) is 0 Å². The average molecular weight is 452 g/mol. The predicted octanol–water partition coefficient (Wildman–Crippen LogP) is 4.40. The van der Waals surface area contributed by atoms with E-state index in [1.54, 1.807) is 36.4 Å². The molecule has 1 heterocycles. The Hall–Kier alpha value is -3.23. The maximum absolute atomic E-state index is 12.9. The van der Waals surface area contributed by atoms with Gasteiger partial charge in [-0.3, -0.25) is 9.52 Å². The standard InChI is InChI=1S/C23H21N3O3S2/c1-15-12-13-16(2)21-20(15)26(3)23(30-21)24-22(27)17-8-7-9-18(14-17)25-31(28,29)19-10-5-4-6-11-19/h4-14,25H,1-3H3. The van der Waals surface area contributed by atoms with Gasteiger partial charge in [0.15, 0.2) is 4.80 Å². The molecule has 0 spiro atoms. The van der Waals surface area contributed by atoms with Gasteiger partial charge in [-0.1, -0.05) is 47.7 Å². The summed E-state index contributed by atoms with van der Waals surface area (Å²) >= 11 is 1.46. The summed E-state index contributed by atoms with van der Waals surface area (Å²) in [6.07, 6.45) is 0. The third-order valence-electron chi connectivity index (χ3n) is 4.96. The van der Waals surface area contributed by atoms with E-state index in [0.29, 0.717) is 16.1 Å². The SMILES string of the molecule is Cc1ccc(C)c2c1sc(=NC(=O)c1cccc(NS(=O)(=O)c3ccccc3)c1)n2C. The lowest BCUT2D eigenvalue weighted by molar-refractivity contribution is 0.0998. The summed E-state index contributed by atoms with van der Waals surface area (Å²) in [7, 11) is -1.85. The molecule has 8 heteroatoms. The number of hydrogen-bond donors (Lipinski definition) is 1. The number of sulfonamides is 1. The van der Waals surface area contributed by atoms with E-state index in [4.69, 9.17) is 0 Å². The van der Waals surface area contributed by atoms with Gasteiger partial charge in [-0.15, -0.1) is 0 Å². The number of hydrogen-bond acceptors (Lipinski definition) is 4. The third kappa shape index (κ3) is 4.17. The molecular weight excluding hydrogens is 430 g/mol. The van der Waals surface area contributed by atoms with Gasteiger partial charge < -0.3 is 4.57 Å². The number of aryl methyl sites for hydroxylation is 3. The topological polar surface area (TPSA) is 80.5 Å². The van der Waals surface area contributed by atoms with Crippen LogP contribution in [0.15, 0.2) is 76.6 Å². The molecule has 0 radical (unpaired) electrons. The van der Waals surface area contributed by atoms with Crippen molar-refractivity contribution in [2.45, 2.75) is 18.7 Å². The normalized spacial score (nSPS) is 12.3. The molecule has 0 fully saturated rings. The average Bonchev–Trinajstić information content (AvgIpc) is 3.08. The van der Waals surface area contributed by atoms with Crippen molar-refractivity contribution in [1.29, 1.82) is 0 Å². The van der Waals surface area contributed by atoms with Gasteiger partial charge in [-0.25, -0.2) is 8.42 Å².